The minimum atomic E-state index is -0.000696. The van der Waals surface area contributed by atoms with Gasteiger partial charge in [0.05, 0.1) is 12.8 Å². The quantitative estimate of drug-likeness (QED) is 0.781. The Hall–Kier alpha value is -1.68. The Kier molecular flexibility index (Phi) is 3.24. The summed E-state index contributed by atoms with van der Waals surface area (Å²) in [6.07, 6.45) is 0. The molecule has 0 aliphatic rings. The van der Waals surface area contributed by atoms with Crippen LogP contribution in [0.25, 0.3) is 11.3 Å². The highest BCUT2D eigenvalue weighted by molar-refractivity contribution is 7.14. The van der Waals surface area contributed by atoms with Gasteiger partial charge >= 0.3 is 0 Å². The van der Waals surface area contributed by atoms with Crippen LogP contribution in [0.4, 0.5) is 0 Å². The van der Waals surface area contributed by atoms with Crippen molar-refractivity contribution in [3.8, 4) is 17.0 Å². The molecule has 3 nitrogen and oxygen atoms in total. The molecule has 2 rings (SSSR count). The number of nitrogens with zero attached hydrogens (tertiary/aromatic N) is 1. The van der Waals surface area contributed by atoms with E-state index in [0.717, 1.165) is 21.9 Å². The predicted octanol–water partition coefficient (Wildman–Crippen LogP) is 3.33. The lowest BCUT2D eigenvalue weighted by Gasteiger charge is -2.06. The number of methoxy groups -OCH3 is 1. The Morgan fingerprint density at radius 3 is 2.65 bits per heavy atom. The van der Waals surface area contributed by atoms with Crippen LogP contribution in [-0.4, -0.2) is 17.9 Å². The van der Waals surface area contributed by atoms with Crippen molar-refractivity contribution < 1.29 is 9.53 Å². The number of hydrogen-bond acceptors (Lipinski definition) is 4. The van der Waals surface area contributed by atoms with E-state index < -0.39 is 0 Å². The second-order valence-corrected chi connectivity index (χ2v) is 4.88. The minimum absolute atomic E-state index is 0.000696. The molecule has 4 heteroatoms. The van der Waals surface area contributed by atoms with E-state index in [0.29, 0.717) is 5.01 Å². The number of carbonyl (C=O) groups is 1. The van der Waals surface area contributed by atoms with E-state index in [1.54, 1.807) is 7.11 Å². The maximum absolute atomic E-state index is 11.3. The van der Waals surface area contributed by atoms with Gasteiger partial charge in [0.25, 0.3) is 0 Å². The van der Waals surface area contributed by atoms with Crippen LogP contribution in [0.15, 0.2) is 24.3 Å². The summed E-state index contributed by atoms with van der Waals surface area (Å²) in [5.41, 5.74) is 1.76. The number of para-hydroxylation sites is 1. The van der Waals surface area contributed by atoms with Crippen LogP contribution in [0, 0.1) is 6.92 Å². The van der Waals surface area contributed by atoms with E-state index >= 15 is 0 Å². The van der Waals surface area contributed by atoms with Crippen molar-refractivity contribution >= 4 is 17.1 Å². The number of ketones is 1. The molecule has 0 radical (unpaired) electrons. The number of hydrogen-bond donors (Lipinski definition) is 0. The highest BCUT2D eigenvalue weighted by Gasteiger charge is 2.15. The molecule has 0 aliphatic carbocycles. The summed E-state index contributed by atoms with van der Waals surface area (Å²) in [6, 6.07) is 7.69. The lowest BCUT2D eigenvalue weighted by Crippen LogP contribution is -1.92. The average Bonchev–Trinajstić information content (AvgIpc) is 2.71. The van der Waals surface area contributed by atoms with Gasteiger partial charge < -0.3 is 4.74 Å². The van der Waals surface area contributed by atoms with Crippen molar-refractivity contribution in [1.82, 2.24) is 4.98 Å². The van der Waals surface area contributed by atoms with Gasteiger partial charge in [0.15, 0.2) is 10.8 Å². The van der Waals surface area contributed by atoms with Crippen LogP contribution in [0.3, 0.4) is 0 Å². The zero-order chi connectivity index (χ0) is 12.4. The fraction of sp³-hybridized carbons (Fsp3) is 0.231. The Morgan fingerprint density at radius 1 is 1.35 bits per heavy atom. The van der Waals surface area contributed by atoms with Crippen LogP contribution in [0.1, 0.15) is 21.6 Å². The molecule has 0 bridgehead atoms. The van der Waals surface area contributed by atoms with E-state index in [1.807, 2.05) is 31.2 Å². The number of thiazole rings is 1. The lowest BCUT2D eigenvalue weighted by molar-refractivity contribution is 0.101. The van der Waals surface area contributed by atoms with Gasteiger partial charge in [-0.05, 0) is 19.1 Å². The largest absolute Gasteiger partial charge is 0.496 e. The summed E-state index contributed by atoms with van der Waals surface area (Å²) in [4.78, 5) is 16.7. The van der Waals surface area contributed by atoms with Crippen molar-refractivity contribution in [2.24, 2.45) is 0 Å². The van der Waals surface area contributed by atoms with E-state index in [2.05, 4.69) is 4.98 Å². The molecule has 0 spiro atoms. The molecule has 0 amide bonds. The molecule has 0 atom stereocenters. The summed E-state index contributed by atoms with van der Waals surface area (Å²) in [7, 11) is 1.63. The minimum Gasteiger partial charge on any atom is -0.496 e. The van der Waals surface area contributed by atoms with E-state index in [4.69, 9.17) is 4.74 Å². The number of aromatic nitrogens is 1. The van der Waals surface area contributed by atoms with Crippen LogP contribution in [0.2, 0.25) is 0 Å². The van der Waals surface area contributed by atoms with Gasteiger partial charge in [-0.25, -0.2) is 4.98 Å². The third-order valence-corrected chi connectivity index (χ3v) is 3.53. The summed E-state index contributed by atoms with van der Waals surface area (Å²) in [5.74, 6) is 0.773. The molecule has 0 N–H and O–H groups in total. The molecule has 0 unspecified atom stereocenters. The fourth-order valence-corrected chi connectivity index (χ4v) is 2.46. The zero-order valence-corrected chi connectivity index (χ0v) is 10.8. The van der Waals surface area contributed by atoms with Gasteiger partial charge in [0.1, 0.15) is 5.75 Å². The maximum Gasteiger partial charge on any atom is 0.188 e. The summed E-state index contributed by atoms with van der Waals surface area (Å²) >= 11 is 1.42. The highest BCUT2D eigenvalue weighted by Crippen LogP contribution is 2.33. The normalized spacial score (nSPS) is 10.3. The number of carbonyl (C=O) groups excluding carboxylic acids is 1. The Balaban J connectivity index is 2.56. The monoisotopic (exact) mass is 247 g/mol. The summed E-state index contributed by atoms with van der Waals surface area (Å²) in [5, 5.41) is 0.545. The first-order valence-electron chi connectivity index (χ1n) is 5.25. The first kappa shape index (κ1) is 11.8. The molecule has 1 aromatic heterocycles. The van der Waals surface area contributed by atoms with Crippen LogP contribution >= 0.6 is 11.3 Å². The molecule has 0 saturated heterocycles. The van der Waals surface area contributed by atoms with Crippen molar-refractivity contribution in [2.45, 2.75) is 13.8 Å². The van der Waals surface area contributed by atoms with Crippen molar-refractivity contribution in [3.05, 3.63) is 34.2 Å². The van der Waals surface area contributed by atoms with Gasteiger partial charge in [0, 0.05) is 17.4 Å². The van der Waals surface area contributed by atoms with Crippen LogP contribution in [-0.2, 0) is 0 Å². The van der Waals surface area contributed by atoms with Crippen LogP contribution in [0.5, 0.6) is 5.75 Å². The topological polar surface area (TPSA) is 39.2 Å². The Labute approximate surface area is 104 Å². The third kappa shape index (κ3) is 2.22. The number of aryl methyl sites for hydroxylation is 1. The number of Topliss-reactive ketones (excluding diaryl/α,β-unsaturated/α-hetero) is 1. The number of rotatable bonds is 3. The summed E-state index contributed by atoms with van der Waals surface area (Å²) < 4.78 is 5.30. The fourth-order valence-electron chi connectivity index (χ4n) is 1.64. The highest BCUT2D eigenvalue weighted by atomic mass is 32.1. The first-order chi connectivity index (χ1) is 8.13. The second-order valence-electron chi connectivity index (χ2n) is 3.68. The number of ether oxygens (including phenoxy) is 1. The van der Waals surface area contributed by atoms with Gasteiger partial charge in [-0.2, -0.15) is 0 Å². The molecule has 2 aromatic rings. The van der Waals surface area contributed by atoms with E-state index in [-0.39, 0.29) is 5.78 Å². The molecular formula is C13H13NO2S. The Bertz CT molecular complexity index is 560. The third-order valence-electron chi connectivity index (χ3n) is 2.46. The SMILES string of the molecule is COc1ccccc1-c1nc(C(C)=O)sc1C. The first-order valence-corrected chi connectivity index (χ1v) is 6.07. The number of benzene rings is 1. The molecule has 88 valence electrons. The van der Waals surface area contributed by atoms with Crippen LogP contribution < -0.4 is 4.74 Å². The van der Waals surface area contributed by atoms with E-state index in [9.17, 15) is 4.79 Å². The average molecular weight is 247 g/mol. The standard InChI is InChI=1S/C13H13NO2S/c1-8(15)13-14-12(9(2)17-13)10-6-4-5-7-11(10)16-3/h4-7H,1-3H3. The molecule has 0 saturated carbocycles. The predicted molar refractivity (Wildman–Crippen MR) is 68.8 cm³/mol. The smallest absolute Gasteiger partial charge is 0.188 e. The molecule has 1 aromatic carbocycles. The second kappa shape index (κ2) is 4.67. The van der Waals surface area contributed by atoms with Crippen molar-refractivity contribution in [3.63, 3.8) is 0 Å². The zero-order valence-electron chi connectivity index (χ0n) is 9.98. The summed E-state index contributed by atoms with van der Waals surface area (Å²) in [6.45, 7) is 3.50. The van der Waals surface area contributed by atoms with Gasteiger partial charge in [-0.15, -0.1) is 11.3 Å². The molecule has 1 heterocycles. The molecule has 0 fully saturated rings. The molecular weight excluding hydrogens is 234 g/mol. The van der Waals surface area contributed by atoms with E-state index in [1.165, 1.54) is 18.3 Å². The Morgan fingerprint density at radius 2 is 2.06 bits per heavy atom. The van der Waals surface area contributed by atoms with Crippen molar-refractivity contribution in [2.75, 3.05) is 7.11 Å². The van der Waals surface area contributed by atoms with Gasteiger partial charge in [0.2, 0.25) is 0 Å². The lowest BCUT2D eigenvalue weighted by atomic mass is 10.1. The van der Waals surface area contributed by atoms with Gasteiger partial charge in [-0.3, -0.25) is 4.79 Å². The van der Waals surface area contributed by atoms with Crippen molar-refractivity contribution in [1.29, 1.82) is 0 Å². The molecule has 17 heavy (non-hydrogen) atoms. The maximum atomic E-state index is 11.3. The molecule has 0 aliphatic heterocycles. The van der Waals surface area contributed by atoms with Gasteiger partial charge in [-0.1, -0.05) is 12.1 Å².